The van der Waals surface area contributed by atoms with E-state index in [0.717, 1.165) is 18.4 Å². The van der Waals surface area contributed by atoms with Gasteiger partial charge >= 0.3 is 0 Å². The molecule has 2 aromatic heterocycles. The van der Waals surface area contributed by atoms with Gasteiger partial charge in [0.1, 0.15) is 18.3 Å². The lowest BCUT2D eigenvalue weighted by molar-refractivity contribution is -0.0819. The lowest BCUT2D eigenvalue weighted by Crippen LogP contribution is -2.34. The normalized spacial score (nSPS) is 19.8. The van der Waals surface area contributed by atoms with E-state index < -0.39 is 0 Å². The predicted molar refractivity (Wildman–Crippen MR) is 122 cm³/mol. The van der Waals surface area contributed by atoms with Gasteiger partial charge in [-0.1, -0.05) is 23.8 Å². The first-order valence-corrected chi connectivity index (χ1v) is 11.0. The maximum absolute atomic E-state index is 5.71. The average Bonchev–Trinajstić information content (AvgIpc) is 3.38. The van der Waals surface area contributed by atoms with Crippen molar-refractivity contribution in [3.63, 3.8) is 0 Å². The van der Waals surface area contributed by atoms with Gasteiger partial charge in [0.25, 0.3) is 5.95 Å². The molecule has 0 bridgehead atoms. The number of aromatic nitrogens is 4. The number of H-pyrrole nitrogens is 1. The van der Waals surface area contributed by atoms with Gasteiger partial charge in [-0.15, -0.1) is 5.10 Å². The van der Waals surface area contributed by atoms with Crippen molar-refractivity contribution in [1.82, 2.24) is 20.2 Å². The predicted octanol–water partition coefficient (Wildman–Crippen LogP) is 3.09. The van der Waals surface area contributed by atoms with E-state index in [4.69, 9.17) is 23.9 Å². The standard InChI is InChI=1S/C23H26N6O4/c1-2-5-17(6-3-1)14-29(20-16-31-10-12-33-20)23-26-22(27-28-23)19-7-4-8-24-21(19)25-13-18-15-30-9-11-32-18/h1-2,4-5,7-8,10,12,16,18H,3,6,9,11,13-15H2,(H,24,25)(H,26,27,28). The molecule has 5 rings (SSSR count). The number of hydrogen-bond donors (Lipinski definition) is 2. The molecule has 2 aliphatic heterocycles. The maximum Gasteiger partial charge on any atom is 0.252 e. The van der Waals surface area contributed by atoms with Crippen molar-refractivity contribution in [3.05, 3.63) is 66.8 Å². The zero-order valence-corrected chi connectivity index (χ0v) is 18.1. The van der Waals surface area contributed by atoms with Crippen molar-refractivity contribution in [2.45, 2.75) is 18.9 Å². The average molecular weight is 450 g/mol. The summed E-state index contributed by atoms with van der Waals surface area (Å²) in [7, 11) is 0. The third kappa shape index (κ3) is 5.24. The van der Waals surface area contributed by atoms with Crippen molar-refractivity contribution in [2.75, 3.05) is 43.1 Å². The van der Waals surface area contributed by atoms with Crippen LogP contribution in [0.2, 0.25) is 0 Å². The number of aromatic amines is 1. The van der Waals surface area contributed by atoms with E-state index in [2.05, 4.69) is 38.7 Å². The molecule has 2 N–H and O–H groups in total. The summed E-state index contributed by atoms with van der Waals surface area (Å²) in [4.78, 5) is 11.1. The Hall–Kier alpha value is -3.63. The molecule has 10 heteroatoms. The van der Waals surface area contributed by atoms with Crippen LogP contribution >= 0.6 is 0 Å². The van der Waals surface area contributed by atoms with Crippen LogP contribution < -0.4 is 10.2 Å². The minimum atomic E-state index is -0.0179. The molecule has 33 heavy (non-hydrogen) atoms. The molecule has 10 nitrogen and oxygen atoms in total. The molecule has 4 heterocycles. The van der Waals surface area contributed by atoms with Crippen LogP contribution in [0.4, 0.5) is 11.8 Å². The highest BCUT2D eigenvalue weighted by Crippen LogP contribution is 2.27. The SMILES string of the molecule is C1=CCCC(CN(C2=COC=CO2)c2n[nH]c(-c3cccnc3NCC3COCCO3)n2)=C1. The summed E-state index contributed by atoms with van der Waals surface area (Å²) in [6.45, 7) is 2.97. The lowest BCUT2D eigenvalue weighted by atomic mass is 10.1. The molecule has 3 aliphatic rings. The first kappa shape index (κ1) is 21.2. The van der Waals surface area contributed by atoms with Gasteiger partial charge in [-0.3, -0.25) is 10.00 Å². The summed E-state index contributed by atoms with van der Waals surface area (Å²) >= 11 is 0. The van der Waals surface area contributed by atoms with E-state index in [-0.39, 0.29) is 6.10 Å². The van der Waals surface area contributed by atoms with E-state index in [1.807, 2.05) is 17.0 Å². The van der Waals surface area contributed by atoms with Gasteiger partial charge in [0.05, 0.1) is 38.0 Å². The number of ether oxygens (including phenoxy) is 4. The smallest absolute Gasteiger partial charge is 0.252 e. The van der Waals surface area contributed by atoms with Crippen molar-refractivity contribution in [1.29, 1.82) is 0 Å². The van der Waals surface area contributed by atoms with Crippen LogP contribution in [0.5, 0.6) is 0 Å². The first-order valence-electron chi connectivity index (χ1n) is 11.0. The number of nitrogens with one attached hydrogen (secondary N) is 2. The fourth-order valence-corrected chi connectivity index (χ4v) is 3.71. The fraction of sp³-hybridized carbons (Fsp3) is 0.348. The minimum absolute atomic E-state index is 0.0179. The molecule has 0 amide bonds. The molecule has 0 spiro atoms. The summed E-state index contributed by atoms with van der Waals surface area (Å²) in [5, 5.41) is 10.9. The van der Waals surface area contributed by atoms with Crippen LogP contribution in [0.1, 0.15) is 12.8 Å². The highest BCUT2D eigenvalue weighted by atomic mass is 16.6. The second-order valence-electron chi connectivity index (χ2n) is 7.69. The topological polar surface area (TPSA) is 107 Å². The molecule has 1 unspecified atom stereocenters. The van der Waals surface area contributed by atoms with Crippen LogP contribution in [0.25, 0.3) is 11.4 Å². The Labute approximate surface area is 191 Å². The number of rotatable bonds is 8. The van der Waals surface area contributed by atoms with Crippen LogP contribution in [-0.2, 0) is 18.9 Å². The Bertz CT molecular complexity index is 1070. The van der Waals surface area contributed by atoms with Gasteiger partial charge in [0.2, 0.25) is 5.88 Å². The minimum Gasteiger partial charge on any atom is -0.464 e. The van der Waals surface area contributed by atoms with Gasteiger partial charge in [0, 0.05) is 12.7 Å². The summed E-state index contributed by atoms with van der Waals surface area (Å²) in [6, 6.07) is 3.81. The van der Waals surface area contributed by atoms with Crippen molar-refractivity contribution < 1.29 is 18.9 Å². The van der Waals surface area contributed by atoms with Crippen molar-refractivity contribution >= 4 is 11.8 Å². The Morgan fingerprint density at radius 3 is 3.06 bits per heavy atom. The second kappa shape index (κ2) is 10.3. The van der Waals surface area contributed by atoms with Crippen molar-refractivity contribution in [3.8, 4) is 11.4 Å². The van der Waals surface area contributed by atoms with E-state index in [1.165, 1.54) is 18.1 Å². The molecule has 0 radical (unpaired) electrons. The molecular weight excluding hydrogens is 424 g/mol. The quantitative estimate of drug-likeness (QED) is 0.627. The Kier molecular flexibility index (Phi) is 6.64. The fourth-order valence-electron chi connectivity index (χ4n) is 3.71. The summed E-state index contributed by atoms with van der Waals surface area (Å²) in [5.41, 5.74) is 2.06. The molecular formula is C23H26N6O4. The van der Waals surface area contributed by atoms with Gasteiger partial charge in [-0.2, -0.15) is 4.98 Å². The van der Waals surface area contributed by atoms with Crippen LogP contribution in [0.3, 0.4) is 0 Å². The van der Waals surface area contributed by atoms with Crippen LogP contribution in [-0.4, -0.2) is 59.2 Å². The van der Waals surface area contributed by atoms with Gasteiger partial charge < -0.3 is 24.3 Å². The Morgan fingerprint density at radius 2 is 2.24 bits per heavy atom. The lowest BCUT2D eigenvalue weighted by Gasteiger charge is -2.25. The molecule has 1 aliphatic carbocycles. The molecule has 0 saturated carbocycles. The summed E-state index contributed by atoms with van der Waals surface area (Å²) < 4.78 is 22.2. The molecule has 1 saturated heterocycles. The number of allylic oxidation sites excluding steroid dienone is 3. The van der Waals surface area contributed by atoms with Crippen LogP contribution in [0.15, 0.2) is 66.8 Å². The second-order valence-corrected chi connectivity index (χ2v) is 7.69. The molecule has 2 aromatic rings. The number of hydrogen-bond acceptors (Lipinski definition) is 9. The highest BCUT2D eigenvalue weighted by Gasteiger charge is 2.23. The summed E-state index contributed by atoms with van der Waals surface area (Å²) in [5.74, 6) is 2.28. The monoisotopic (exact) mass is 450 g/mol. The largest absolute Gasteiger partial charge is 0.464 e. The van der Waals surface area contributed by atoms with Gasteiger partial charge in [-0.25, -0.2) is 4.98 Å². The number of nitrogens with zero attached hydrogens (tertiary/aromatic N) is 4. The Balaban J connectivity index is 1.37. The number of anilines is 2. The van der Waals surface area contributed by atoms with Gasteiger partial charge in [0.15, 0.2) is 12.1 Å². The Morgan fingerprint density at radius 1 is 1.24 bits per heavy atom. The molecule has 172 valence electrons. The van der Waals surface area contributed by atoms with E-state index in [1.54, 1.807) is 12.5 Å². The molecule has 0 aromatic carbocycles. The van der Waals surface area contributed by atoms with Crippen molar-refractivity contribution in [2.24, 2.45) is 0 Å². The third-order valence-corrected chi connectivity index (χ3v) is 5.38. The molecule has 1 fully saturated rings. The van der Waals surface area contributed by atoms with Gasteiger partial charge in [-0.05, 0) is 25.0 Å². The van der Waals surface area contributed by atoms with Crippen LogP contribution in [0, 0.1) is 0 Å². The third-order valence-electron chi connectivity index (χ3n) is 5.38. The van der Waals surface area contributed by atoms with E-state index >= 15 is 0 Å². The van der Waals surface area contributed by atoms with E-state index in [9.17, 15) is 0 Å². The van der Waals surface area contributed by atoms with E-state index in [0.29, 0.717) is 56.4 Å². The maximum atomic E-state index is 5.71. The highest BCUT2D eigenvalue weighted by molar-refractivity contribution is 5.70. The molecule has 1 atom stereocenters. The zero-order chi connectivity index (χ0) is 22.3. The first-order chi connectivity index (χ1) is 16.4. The zero-order valence-electron chi connectivity index (χ0n) is 18.1. The number of pyridine rings is 1. The summed E-state index contributed by atoms with van der Waals surface area (Å²) in [6.07, 6.45) is 14.5.